The molecule has 1 N–H and O–H groups in total. The Morgan fingerprint density at radius 2 is 1.68 bits per heavy atom. The summed E-state index contributed by atoms with van der Waals surface area (Å²) < 4.78 is 13.4. The Labute approximate surface area is 248 Å². The lowest BCUT2D eigenvalue weighted by Crippen LogP contribution is -2.33. The first kappa shape index (κ1) is 28.0. The molecule has 41 heavy (non-hydrogen) atoms. The minimum Gasteiger partial charge on any atom is -0.489 e. The van der Waals surface area contributed by atoms with Crippen LogP contribution in [0.5, 0.6) is 11.5 Å². The first-order valence-corrected chi connectivity index (χ1v) is 13.6. The van der Waals surface area contributed by atoms with E-state index in [2.05, 4.69) is 10.5 Å². The zero-order chi connectivity index (χ0) is 28.6. The van der Waals surface area contributed by atoms with Crippen LogP contribution in [-0.2, 0) is 11.4 Å². The van der Waals surface area contributed by atoms with Crippen molar-refractivity contribution in [3.8, 4) is 28.4 Å². The van der Waals surface area contributed by atoms with Gasteiger partial charge in [-0.25, -0.2) is 10.1 Å². The average molecular weight is 585 g/mol. The van der Waals surface area contributed by atoms with Crippen molar-refractivity contribution in [2.24, 2.45) is 5.10 Å². The number of carbonyl (C=O) groups is 1. The number of hydrogen-bond donors (Lipinski definition) is 1. The van der Waals surface area contributed by atoms with Crippen LogP contribution < -0.4 is 14.9 Å². The van der Waals surface area contributed by atoms with Crippen molar-refractivity contribution in [3.63, 3.8) is 0 Å². The van der Waals surface area contributed by atoms with Gasteiger partial charge in [0.1, 0.15) is 23.8 Å². The fourth-order valence-electron chi connectivity index (χ4n) is 3.94. The monoisotopic (exact) mass is 584 g/mol. The van der Waals surface area contributed by atoms with Gasteiger partial charge < -0.3 is 9.47 Å². The predicted molar refractivity (Wildman–Crippen MR) is 162 cm³/mol. The van der Waals surface area contributed by atoms with Crippen LogP contribution in [0.4, 0.5) is 0 Å². The molecule has 1 atom stereocenters. The van der Waals surface area contributed by atoms with Crippen LogP contribution in [0.3, 0.4) is 0 Å². The lowest BCUT2D eigenvalue weighted by molar-refractivity contribution is -0.127. The SMILES string of the molecule is CC(Oc1ccc(Cl)cc1Cl)C(=O)N/N=C/c1cn(-c2ccccc2)nc1-c1ccc(OCc2ccccc2)cc1. The van der Waals surface area contributed by atoms with Crippen molar-refractivity contribution >= 4 is 35.3 Å². The molecule has 1 heterocycles. The number of nitrogens with one attached hydrogen (secondary N) is 1. The van der Waals surface area contributed by atoms with Gasteiger partial charge in [0.05, 0.1) is 16.9 Å². The van der Waals surface area contributed by atoms with Crippen molar-refractivity contribution in [2.45, 2.75) is 19.6 Å². The molecule has 0 saturated carbocycles. The van der Waals surface area contributed by atoms with Gasteiger partial charge in [0.25, 0.3) is 5.91 Å². The van der Waals surface area contributed by atoms with Gasteiger partial charge in [-0.1, -0.05) is 71.7 Å². The van der Waals surface area contributed by atoms with Crippen LogP contribution in [0.2, 0.25) is 10.0 Å². The molecule has 5 aromatic rings. The van der Waals surface area contributed by atoms with Gasteiger partial charge in [0.2, 0.25) is 0 Å². The quantitative estimate of drug-likeness (QED) is 0.137. The summed E-state index contributed by atoms with van der Waals surface area (Å²) in [6.45, 7) is 2.09. The molecule has 206 valence electrons. The summed E-state index contributed by atoms with van der Waals surface area (Å²) in [6.07, 6.45) is 2.57. The molecule has 5 rings (SSSR count). The maximum absolute atomic E-state index is 12.6. The molecule has 0 aliphatic carbocycles. The van der Waals surface area contributed by atoms with Crippen LogP contribution in [-0.4, -0.2) is 28.0 Å². The third-order valence-electron chi connectivity index (χ3n) is 6.08. The van der Waals surface area contributed by atoms with Crippen molar-refractivity contribution in [2.75, 3.05) is 0 Å². The number of hydrazone groups is 1. The third-order valence-corrected chi connectivity index (χ3v) is 6.62. The normalized spacial score (nSPS) is 11.8. The number of ether oxygens (including phenoxy) is 2. The number of carbonyl (C=O) groups excluding carboxylic acids is 1. The minimum absolute atomic E-state index is 0.315. The molecule has 4 aromatic carbocycles. The minimum atomic E-state index is -0.847. The highest BCUT2D eigenvalue weighted by atomic mass is 35.5. The maximum Gasteiger partial charge on any atom is 0.280 e. The molecule has 0 spiro atoms. The van der Waals surface area contributed by atoms with Crippen LogP contribution in [0.25, 0.3) is 16.9 Å². The van der Waals surface area contributed by atoms with E-state index < -0.39 is 12.0 Å². The number of halogens is 2. The Bertz CT molecular complexity index is 1640. The molecule has 0 radical (unpaired) electrons. The predicted octanol–water partition coefficient (Wildman–Crippen LogP) is 7.34. The van der Waals surface area contributed by atoms with E-state index in [0.29, 0.717) is 33.7 Å². The lowest BCUT2D eigenvalue weighted by Gasteiger charge is -2.14. The summed E-state index contributed by atoms with van der Waals surface area (Å²) in [6, 6.07) is 32.2. The number of nitrogens with zero attached hydrogens (tertiary/aromatic N) is 3. The van der Waals surface area contributed by atoms with Gasteiger partial charge in [-0.3, -0.25) is 4.79 Å². The Kier molecular flexibility index (Phi) is 8.98. The molecule has 0 fully saturated rings. The number of benzene rings is 4. The Hall–Kier alpha value is -4.59. The van der Waals surface area contributed by atoms with E-state index in [9.17, 15) is 4.79 Å². The number of hydrogen-bond acceptors (Lipinski definition) is 5. The van der Waals surface area contributed by atoms with Gasteiger partial charge >= 0.3 is 0 Å². The fraction of sp³-hybridized carbons (Fsp3) is 0.0938. The second kappa shape index (κ2) is 13.2. The molecule has 1 amide bonds. The van der Waals surface area contributed by atoms with E-state index in [4.69, 9.17) is 37.8 Å². The van der Waals surface area contributed by atoms with Crippen molar-refractivity contribution in [3.05, 3.63) is 130 Å². The molecule has 1 aromatic heterocycles. The van der Waals surface area contributed by atoms with Crippen molar-refractivity contribution < 1.29 is 14.3 Å². The van der Waals surface area contributed by atoms with Gasteiger partial charge in [-0.05, 0) is 67.1 Å². The van der Waals surface area contributed by atoms with E-state index in [1.54, 1.807) is 36.0 Å². The number of aromatic nitrogens is 2. The highest BCUT2D eigenvalue weighted by molar-refractivity contribution is 6.35. The van der Waals surface area contributed by atoms with Crippen LogP contribution >= 0.6 is 23.2 Å². The van der Waals surface area contributed by atoms with E-state index in [1.165, 1.54) is 0 Å². The van der Waals surface area contributed by atoms with Gasteiger partial charge in [-0.15, -0.1) is 0 Å². The standard InChI is InChI=1S/C32H26Cl2N4O3/c1-22(41-30-17-14-26(33)18-29(30)34)32(39)36-35-19-25-20-38(27-10-6-3-7-11-27)37-31(25)24-12-15-28(16-13-24)40-21-23-8-4-2-5-9-23/h2-20,22H,21H2,1H3,(H,36,39)/b35-19+. The Morgan fingerprint density at radius 3 is 2.39 bits per heavy atom. The summed E-state index contributed by atoms with van der Waals surface area (Å²) in [5.41, 5.74) is 6.79. The fourth-order valence-corrected chi connectivity index (χ4v) is 4.39. The largest absolute Gasteiger partial charge is 0.489 e. The van der Waals surface area contributed by atoms with E-state index in [0.717, 1.165) is 22.6 Å². The summed E-state index contributed by atoms with van der Waals surface area (Å²) in [7, 11) is 0. The molecule has 9 heteroatoms. The van der Waals surface area contributed by atoms with Gasteiger partial charge in [0, 0.05) is 22.3 Å². The molecule has 0 saturated heterocycles. The van der Waals surface area contributed by atoms with E-state index in [1.807, 2.05) is 91.1 Å². The van der Waals surface area contributed by atoms with Crippen molar-refractivity contribution in [1.29, 1.82) is 0 Å². The van der Waals surface area contributed by atoms with Crippen LogP contribution in [0, 0.1) is 0 Å². The summed E-state index contributed by atoms with van der Waals surface area (Å²) in [4.78, 5) is 12.6. The maximum atomic E-state index is 12.6. The van der Waals surface area contributed by atoms with E-state index in [-0.39, 0.29) is 0 Å². The second-order valence-corrected chi connectivity index (χ2v) is 9.92. The number of amides is 1. The van der Waals surface area contributed by atoms with Crippen LogP contribution in [0.1, 0.15) is 18.1 Å². The Morgan fingerprint density at radius 1 is 0.976 bits per heavy atom. The lowest BCUT2D eigenvalue weighted by atomic mass is 10.1. The van der Waals surface area contributed by atoms with Crippen molar-refractivity contribution in [1.82, 2.24) is 15.2 Å². The highest BCUT2D eigenvalue weighted by Crippen LogP contribution is 2.28. The number of para-hydroxylation sites is 1. The number of rotatable bonds is 10. The Balaban J connectivity index is 1.31. The molecule has 0 bridgehead atoms. The zero-order valence-corrected chi connectivity index (χ0v) is 23.6. The summed E-state index contributed by atoms with van der Waals surface area (Å²) >= 11 is 12.1. The first-order chi connectivity index (χ1) is 20.0. The summed E-state index contributed by atoms with van der Waals surface area (Å²) in [5, 5.41) is 9.77. The molecule has 7 nitrogen and oxygen atoms in total. The second-order valence-electron chi connectivity index (χ2n) is 9.08. The van der Waals surface area contributed by atoms with E-state index >= 15 is 0 Å². The highest BCUT2D eigenvalue weighted by Gasteiger charge is 2.16. The molecule has 1 unspecified atom stereocenters. The van der Waals surface area contributed by atoms with Gasteiger partial charge in [-0.2, -0.15) is 10.2 Å². The summed E-state index contributed by atoms with van der Waals surface area (Å²) in [5.74, 6) is 0.659. The molecule has 0 aliphatic rings. The molecular weight excluding hydrogens is 559 g/mol. The molecule has 0 aliphatic heterocycles. The third kappa shape index (κ3) is 7.33. The average Bonchev–Trinajstić information content (AvgIpc) is 3.43. The van der Waals surface area contributed by atoms with Crippen LogP contribution in [0.15, 0.2) is 114 Å². The smallest absolute Gasteiger partial charge is 0.280 e. The molecular formula is C32H26Cl2N4O3. The topological polar surface area (TPSA) is 77.7 Å². The zero-order valence-electron chi connectivity index (χ0n) is 22.1. The van der Waals surface area contributed by atoms with Gasteiger partial charge in [0.15, 0.2) is 6.10 Å². The first-order valence-electron chi connectivity index (χ1n) is 12.8.